The lowest BCUT2D eigenvalue weighted by atomic mass is 10.2. The molecule has 6 heterocycles. The lowest BCUT2D eigenvalue weighted by molar-refractivity contribution is -0.389. The maximum absolute atomic E-state index is 12.1. The van der Waals surface area contributed by atoms with Gasteiger partial charge in [0.15, 0.2) is 18.2 Å². The van der Waals surface area contributed by atoms with E-state index in [1.807, 2.05) is 25.3 Å². The van der Waals surface area contributed by atoms with Crippen LogP contribution in [0.3, 0.4) is 0 Å². The number of nitro groups is 2. The predicted octanol–water partition coefficient (Wildman–Crippen LogP) is 3.23. The van der Waals surface area contributed by atoms with Crippen molar-refractivity contribution in [3.05, 3.63) is 81.0 Å². The molecular formula is C30H42FN9O7. The molecule has 0 bridgehead atoms. The first kappa shape index (κ1) is 36.9. The van der Waals surface area contributed by atoms with E-state index in [0.717, 1.165) is 82.2 Å². The SMILES string of the molecule is CC1CN(c2ccc(N)nc2)CCO1.CC1CN(c2ccc([N+](=O)[O-])nc2)CCO1.CC1CNCCO1.O=[N+]([O-])c1ccc(F)cn1. The van der Waals surface area contributed by atoms with E-state index in [1.165, 1.54) is 12.3 Å². The van der Waals surface area contributed by atoms with Gasteiger partial charge in [0, 0.05) is 51.4 Å². The molecule has 3 N–H and O–H groups in total. The minimum atomic E-state index is -0.681. The van der Waals surface area contributed by atoms with Crippen molar-refractivity contribution in [2.24, 2.45) is 0 Å². The topological polar surface area (TPSA) is 197 Å². The molecule has 16 nitrogen and oxygen atoms in total. The average Bonchev–Trinajstić information content (AvgIpc) is 3.07. The van der Waals surface area contributed by atoms with Gasteiger partial charge in [-0.15, -0.1) is 0 Å². The van der Waals surface area contributed by atoms with E-state index >= 15 is 0 Å². The average molecular weight is 660 g/mol. The Hall–Kier alpha value is -4.58. The Morgan fingerprint density at radius 3 is 1.64 bits per heavy atom. The van der Waals surface area contributed by atoms with Gasteiger partial charge < -0.3 is 55.3 Å². The van der Waals surface area contributed by atoms with Crippen LogP contribution in [0.2, 0.25) is 0 Å². The molecule has 3 atom stereocenters. The number of nitrogen functional groups attached to an aromatic ring is 1. The van der Waals surface area contributed by atoms with Gasteiger partial charge in [0.1, 0.15) is 5.82 Å². The van der Waals surface area contributed by atoms with Gasteiger partial charge in [-0.25, -0.2) is 9.37 Å². The zero-order chi connectivity index (χ0) is 34.2. The Labute approximate surface area is 272 Å². The fourth-order valence-corrected chi connectivity index (χ4v) is 4.54. The molecule has 3 aliphatic heterocycles. The first-order valence-electron chi connectivity index (χ1n) is 15.1. The molecule has 3 aliphatic rings. The molecule has 3 fully saturated rings. The van der Waals surface area contributed by atoms with Gasteiger partial charge >= 0.3 is 11.6 Å². The zero-order valence-corrected chi connectivity index (χ0v) is 26.7. The molecule has 0 spiro atoms. The number of morpholine rings is 3. The number of hydrogen-bond donors (Lipinski definition) is 2. The van der Waals surface area contributed by atoms with Crippen molar-refractivity contribution in [1.82, 2.24) is 20.3 Å². The molecule has 47 heavy (non-hydrogen) atoms. The summed E-state index contributed by atoms with van der Waals surface area (Å²) in [6.07, 6.45) is 5.06. The van der Waals surface area contributed by atoms with Gasteiger partial charge in [-0.3, -0.25) is 0 Å². The van der Waals surface area contributed by atoms with E-state index in [1.54, 1.807) is 6.07 Å². The molecule has 3 aromatic heterocycles. The predicted molar refractivity (Wildman–Crippen MR) is 174 cm³/mol. The van der Waals surface area contributed by atoms with E-state index in [-0.39, 0.29) is 17.7 Å². The molecule has 0 amide bonds. The van der Waals surface area contributed by atoms with Crippen LogP contribution in [0.25, 0.3) is 0 Å². The molecule has 0 radical (unpaired) electrons. The molecule has 6 rings (SSSR count). The number of aromatic nitrogens is 3. The second-order valence-electron chi connectivity index (χ2n) is 10.8. The maximum atomic E-state index is 12.1. The molecule has 3 unspecified atom stereocenters. The minimum absolute atomic E-state index is 0.120. The summed E-state index contributed by atoms with van der Waals surface area (Å²) in [6.45, 7) is 14.0. The van der Waals surface area contributed by atoms with Crippen LogP contribution in [-0.4, -0.2) is 102 Å². The standard InChI is InChI=1S/C10H13N3O3.C10H15N3O.C5H3FN2O2.C5H11NO/c1-8-7-12(4-5-16-8)9-2-3-10(11-6-9)13(14)15;1-8-7-13(4-5-14-8)9-2-3-10(11)12-6-9;6-4-1-2-5(7-3-4)8(9)10;1-5-4-6-2-3-7-5/h2-3,6,8H,4-5,7H2,1H3;2-3,6,8H,4-5,7H2,1H3,(H2,11,12);1-3H;5-6H,2-4H2,1H3. The van der Waals surface area contributed by atoms with E-state index in [4.69, 9.17) is 19.9 Å². The molecule has 0 aromatic carbocycles. The van der Waals surface area contributed by atoms with Crippen molar-refractivity contribution in [3.63, 3.8) is 0 Å². The third kappa shape index (κ3) is 13.4. The largest absolute Gasteiger partial charge is 0.384 e. The normalized spacial score (nSPS) is 20.6. The lowest BCUT2D eigenvalue weighted by Gasteiger charge is -2.32. The van der Waals surface area contributed by atoms with Crippen molar-refractivity contribution < 1.29 is 28.4 Å². The zero-order valence-electron chi connectivity index (χ0n) is 26.7. The summed E-state index contributed by atoms with van der Waals surface area (Å²) >= 11 is 0. The highest BCUT2D eigenvalue weighted by Crippen LogP contribution is 2.19. The number of nitrogens with two attached hydrogens (primary N) is 1. The number of nitrogens with zero attached hydrogens (tertiary/aromatic N) is 7. The number of ether oxygens (including phenoxy) is 3. The Morgan fingerprint density at radius 1 is 0.766 bits per heavy atom. The highest BCUT2D eigenvalue weighted by atomic mass is 19.1. The Balaban J connectivity index is 0.000000177. The van der Waals surface area contributed by atoms with E-state index in [9.17, 15) is 24.6 Å². The highest BCUT2D eigenvalue weighted by Gasteiger charge is 2.19. The van der Waals surface area contributed by atoms with Crippen LogP contribution < -0.4 is 20.9 Å². The molecule has 0 aliphatic carbocycles. The van der Waals surface area contributed by atoms with Gasteiger partial charge in [-0.1, -0.05) is 0 Å². The summed E-state index contributed by atoms with van der Waals surface area (Å²) < 4.78 is 28.2. The van der Waals surface area contributed by atoms with Crippen LogP contribution in [0.4, 0.5) is 33.2 Å². The number of hydrogen-bond acceptors (Lipinski definition) is 14. The monoisotopic (exact) mass is 659 g/mol. The van der Waals surface area contributed by atoms with E-state index in [0.29, 0.717) is 24.6 Å². The fraction of sp³-hybridized carbons (Fsp3) is 0.500. The molecule has 3 aromatic rings. The van der Waals surface area contributed by atoms with Crippen molar-refractivity contribution in [2.45, 2.75) is 39.1 Å². The Bertz CT molecular complexity index is 1370. The van der Waals surface area contributed by atoms with Crippen molar-refractivity contribution >= 4 is 28.8 Å². The summed E-state index contributed by atoms with van der Waals surface area (Å²) in [7, 11) is 0. The van der Waals surface area contributed by atoms with Gasteiger partial charge in [0.25, 0.3) is 0 Å². The molecule has 17 heteroatoms. The van der Waals surface area contributed by atoms with Crippen LogP contribution in [0.1, 0.15) is 20.8 Å². The third-order valence-corrected chi connectivity index (χ3v) is 6.91. The fourth-order valence-electron chi connectivity index (χ4n) is 4.54. The molecule has 256 valence electrons. The van der Waals surface area contributed by atoms with Crippen LogP contribution >= 0.6 is 0 Å². The van der Waals surface area contributed by atoms with Gasteiger partial charge in [0.05, 0.1) is 55.7 Å². The summed E-state index contributed by atoms with van der Waals surface area (Å²) in [5, 5.41) is 23.6. The van der Waals surface area contributed by atoms with Crippen molar-refractivity contribution in [3.8, 4) is 0 Å². The summed E-state index contributed by atoms with van der Waals surface area (Å²) in [6, 6.07) is 8.98. The summed E-state index contributed by atoms with van der Waals surface area (Å²) in [4.78, 5) is 34.7. The van der Waals surface area contributed by atoms with Crippen LogP contribution in [0.5, 0.6) is 0 Å². The summed E-state index contributed by atoms with van der Waals surface area (Å²) in [5.41, 5.74) is 7.55. The quantitative estimate of drug-likeness (QED) is 0.306. The second-order valence-corrected chi connectivity index (χ2v) is 10.8. The van der Waals surface area contributed by atoms with E-state index in [2.05, 4.69) is 43.9 Å². The third-order valence-electron chi connectivity index (χ3n) is 6.91. The van der Waals surface area contributed by atoms with Gasteiger partial charge in [-0.2, -0.15) is 0 Å². The van der Waals surface area contributed by atoms with Crippen molar-refractivity contribution in [2.75, 3.05) is 74.6 Å². The number of anilines is 3. The number of pyridine rings is 3. The smallest absolute Gasteiger partial charge is 0.363 e. The van der Waals surface area contributed by atoms with Crippen LogP contribution in [0, 0.1) is 26.0 Å². The van der Waals surface area contributed by atoms with Gasteiger partial charge in [-0.05, 0) is 64.9 Å². The Kier molecular flexibility index (Phi) is 15.0. The number of rotatable bonds is 4. The highest BCUT2D eigenvalue weighted by molar-refractivity contribution is 5.48. The first-order valence-corrected chi connectivity index (χ1v) is 15.1. The minimum Gasteiger partial charge on any atom is -0.384 e. The molecule has 0 saturated carbocycles. The number of nitrogens with one attached hydrogen (secondary N) is 1. The lowest BCUT2D eigenvalue weighted by Crippen LogP contribution is -2.41. The van der Waals surface area contributed by atoms with Gasteiger partial charge in [0.2, 0.25) is 0 Å². The van der Waals surface area contributed by atoms with E-state index < -0.39 is 15.7 Å². The summed E-state index contributed by atoms with van der Waals surface area (Å²) in [5.74, 6) is -0.480. The number of halogens is 1. The first-order chi connectivity index (χ1) is 22.5. The molecule has 3 saturated heterocycles. The van der Waals surface area contributed by atoms with Crippen LogP contribution in [0.15, 0.2) is 55.0 Å². The van der Waals surface area contributed by atoms with Crippen molar-refractivity contribution in [1.29, 1.82) is 0 Å². The maximum Gasteiger partial charge on any atom is 0.363 e. The molecular weight excluding hydrogens is 617 g/mol. The van der Waals surface area contributed by atoms with Crippen LogP contribution in [-0.2, 0) is 14.2 Å². The second kappa shape index (κ2) is 19.2. The Morgan fingerprint density at radius 2 is 1.28 bits per heavy atom.